The van der Waals surface area contributed by atoms with Gasteiger partial charge in [0.2, 0.25) is 17.7 Å². The van der Waals surface area contributed by atoms with Gasteiger partial charge in [-0.3, -0.25) is 34.3 Å². The summed E-state index contributed by atoms with van der Waals surface area (Å²) in [6.45, 7) is 10.2. The van der Waals surface area contributed by atoms with Crippen LogP contribution >= 0.6 is 11.8 Å². The molecule has 2 bridgehead atoms. The molecule has 7 aliphatic rings. The molecule has 4 saturated heterocycles. The number of thioether (sulfide) groups is 1. The number of piperidine rings is 2. The highest BCUT2D eigenvalue weighted by Crippen LogP contribution is 2.70. The minimum Gasteiger partial charge on any atom is -0.493 e. The average molecular weight is 740 g/mol. The van der Waals surface area contributed by atoms with E-state index in [1.54, 1.807) is 17.8 Å². The van der Waals surface area contributed by atoms with Gasteiger partial charge < -0.3 is 24.7 Å². The lowest BCUT2D eigenvalue weighted by Crippen LogP contribution is -2.80. The number of aromatic amines is 1. The Hall–Kier alpha value is -3.11. The number of aromatic nitrogens is 2. The van der Waals surface area contributed by atoms with Gasteiger partial charge in [-0.15, -0.1) is 0 Å². The first-order valence-corrected chi connectivity index (χ1v) is 20.1. The van der Waals surface area contributed by atoms with E-state index in [4.69, 9.17) is 9.47 Å². The van der Waals surface area contributed by atoms with Crippen LogP contribution < -0.4 is 20.9 Å². The van der Waals surface area contributed by atoms with Crippen molar-refractivity contribution in [2.75, 3.05) is 72.2 Å². The Labute approximate surface area is 307 Å². The number of piperazine rings is 1. The molecule has 5 heterocycles. The van der Waals surface area contributed by atoms with Crippen LogP contribution in [-0.4, -0.2) is 131 Å². The highest BCUT2D eigenvalue weighted by atomic mass is 32.2. The van der Waals surface area contributed by atoms with Crippen molar-refractivity contribution < 1.29 is 28.2 Å². The van der Waals surface area contributed by atoms with Gasteiger partial charge >= 0.3 is 0 Å². The molecule has 3 amide bonds. The largest absolute Gasteiger partial charge is 0.493 e. The molecule has 3 N–H and O–H groups in total. The summed E-state index contributed by atoms with van der Waals surface area (Å²) in [7, 11) is 0. The summed E-state index contributed by atoms with van der Waals surface area (Å²) in [4.78, 5) is 64.2. The molecule has 0 radical (unpaired) electrons. The first kappa shape index (κ1) is 35.9. The molecular weight excluding hydrogens is 690 g/mol. The van der Waals surface area contributed by atoms with E-state index in [1.165, 1.54) is 6.07 Å². The number of carbonyl (C=O) groups is 3. The van der Waals surface area contributed by atoms with Crippen molar-refractivity contribution in [1.29, 1.82) is 0 Å². The summed E-state index contributed by atoms with van der Waals surface area (Å²) in [5, 5.41) is 5.68. The fourth-order valence-corrected chi connectivity index (χ4v) is 10.3. The number of nitrogens with zero attached hydrogens (tertiary/aromatic N) is 4. The Morgan fingerprint density at radius 3 is 2.40 bits per heavy atom. The molecule has 9 rings (SSSR count). The normalized spacial score (nSPS) is 29.4. The number of fused-ring (bicyclic) bond motifs is 1. The summed E-state index contributed by atoms with van der Waals surface area (Å²) < 4.78 is 26.5. The highest BCUT2D eigenvalue weighted by Gasteiger charge is 2.73. The molecule has 15 heteroatoms. The number of likely N-dealkylation sites (tertiary alicyclic amines) is 1. The van der Waals surface area contributed by atoms with Crippen LogP contribution in [0.4, 0.5) is 4.39 Å². The van der Waals surface area contributed by atoms with Gasteiger partial charge in [0.05, 0.1) is 23.3 Å². The van der Waals surface area contributed by atoms with Crippen molar-refractivity contribution in [3.05, 3.63) is 34.1 Å². The Morgan fingerprint density at radius 1 is 0.981 bits per heavy atom. The summed E-state index contributed by atoms with van der Waals surface area (Å²) in [5.41, 5.74) is -0.325. The number of H-pyrrole nitrogens is 1. The second kappa shape index (κ2) is 15.0. The van der Waals surface area contributed by atoms with Gasteiger partial charge in [0.1, 0.15) is 28.8 Å². The summed E-state index contributed by atoms with van der Waals surface area (Å²) in [5.74, 6) is 0.626. The summed E-state index contributed by atoms with van der Waals surface area (Å²) in [6, 6.07) is 2.40. The number of halogens is 1. The molecule has 7 fully saturated rings. The highest BCUT2D eigenvalue weighted by molar-refractivity contribution is 7.99. The molecule has 52 heavy (non-hydrogen) atoms. The lowest BCUT2D eigenvalue weighted by Gasteiger charge is -2.73. The van der Waals surface area contributed by atoms with E-state index in [2.05, 4.69) is 35.3 Å². The standard InChI is InChI=1S/C37H50FN7O6S/c38-27-17-25(18-29-32(27)34(48)41-30(39-29)20-52-26-5-15-50-16-6-26)51-19-24-3-7-43(8-4-24)9-10-44-11-13-45(14-12-44)37-21-36(22-37,23-37)35(49)40-28-1-2-31(46)42-33(28)47/h17-18,24,26,28H,1-16,19-23H2,(H,40,49)(H,39,41,48)(H,42,46,47)/t28-,36?,37?/m0/s1. The van der Waals surface area contributed by atoms with Crippen LogP contribution in [-0.2, 0) is 24.9 Å². The van der Waals surface area contributed by atoms with Crippen molar-refractivity contribution in [2.24, 2.45) is 11.3 Å². The van der Waals surface area contributed by atoms with Gasteiger partial charge in [-0.1, -0.05) is 0 Å². The van der Waals surface area contributed by atoms with E-state index in [-0.39, 0.29) is 34.6 Å². The van der Waals surface area contributed by atoms with Crippen LogP contribution in [0.2, 0.25) is 0 Å². The van der Waals surface area contributed by atoms with Crippen molar-refractivity contribution in [2.45, 2.75) is 80.4 Å². The van der Waals surface area contributed by atoms with Gasteiger partial charge in [-0.05, 0) is 70.4 Å². The first-order valence-electron chi connectivity index (χ1n) is 19.1. The van der Waals surface area contributed by atoms with Crippen LogP contribution in [0.15, 0.2) is 16.9 Å². The molecule has 1 aromatic heterocycles. The number of benzene rings is 1. The maximum atomic E-state index is 15.0. The fourth-order valence-electron chi connectivity index (χ4n) is 9.21. The molecule has 13 nitrogen and oxygen atoms in total. The molecule has 0 spiro atoms. The lowest BCUT2D eigenvalue weighted by molar-refractivity contribution is -0.224. The quantitative estimate of drug-likeness (QED) is 0.275. The zero-order chi connectivity index (χ0) is 35.9. The maximum Gasteiger partial charge on any atom is 0.261 e. The number of hydrogen-bond acceptors (Lipinski definition) is 11. The van der Waals surface area contributed by atoms with Crippen LogP contribution in [0.25, 0.3) is 10.9 Å². The van der Waals surface area contributed by atoms with Gasteiger partial charge in [0, 0.05) is 81.8 Å². The van der Waals surface area contributed by atoms with Gasteiger partial charge in [-0.25, -0.2) is 9.37 Å². The monoisotopic (exact) mass is 739 g/mol. The molecule has 1 aromatic carbocycles. The zero-order valence-corrected chi connectivity index (χ0v) is 30.6. The van der Waals surface area contributed by atoms with Crippen LogP contribution in [0.3, 0.4) is 0 Å². The number of nitrogens with one attached hydrogen (secondary N) is 3. The van der Waals surface area contributed by atoms with Crippen LogP contribution in [0.1, 0.15) is 63.6 Å². The summed E-state index contributed by atoms with van der Waals surface area (Å²) >= 11 is 1.75. The van der Waals surface area contributed by atoms with Gasteiger partial charge in [-0.2, -0.15) is 11.8 Å². The van der Waals surface area contributed by atoms with Crippen molar-refractivity contribution in [3.63, 3.8) is 0 Å². The van der Waals surface area contributed by atoms with E-state index in [9.17, 15) is 19.2 Å². The van der Waals surface area contributed by atoms with E-state index in [0.717, 1.165) is 111 Å². The topological polar surface area (TPSA) is 149 Å². The molecule has 0 unspecified atom stereocenters. The molecule has 1 atom stereocenters. The van der Waals surface area contributed by atoms with E-state index >= 15 is 4.39 Å². The Morgan fingerprint density at radius 2 is 1.69 bits per heavy atom. The third-order valence-corrected chi connectivity index (χ3v) is 13.8. The average Bonchev–Trinajstić information content (AvgIpc) is 3.10. The third kappa shape index (κ3) is 7.48. The number of imide groups is 1. The van der Waals surface area contributed by atoms with E-state index in [1.807, 2.05) is 0 Å². The SMILES string of the molecule is O=C1CC[C@H](NC(=O)C23CC(N4CCN(CCN5CCC(COc6cc(F)c7c(=O)[nH]c(CSC8CCOCC8)nc7c6)CC5)CC4)(C2)C3)C(=O)N1. The Kier molecular flexibility index (Phi) is 10.3. The van der Waals surface area contributed by atoms with Gasteiger partial charge in [0.25, 0.3) is 5.56 Å². The number of amides is 3. The van der Waals surface area contributed by atoms with Crippen LogP contribution in [0.5, 0.6) is 5.75 Å². The van der Waals surface area contributed by atoms with Gasteiger partial charge in [0.15, 0.2) is 0 Å². The second-order valence-corrected chi connectivity index (χ2v) is 17.2. The van der Waals surface area contributed by atoms with Crippen LogP contribution in [0, 0.1) is 17.2 Å². The molecular formula is C37H50FN7O6S. The minimum atomic E-state index is -0.608. The fraction of sp³-hybridized carbons (Fsp3) is 0.703. The van der Waals surface area contributed by atoms with E-state index in [0.29, 0.717) is 47.0 Å². The first-order chi connectivity index (χ1) is 25.2. The van der Waals surface area contributed by atoms with Crippen molar-refractivity contribution in [3.8, 4) is 5.75 Å². The molecule has 282 valence electrons. The number of rotatable bonds is 12. The number of hydrogen-bond donors (Lipinski definition) is 3. The maximum absolute atomic E-state index is 15.0. The zero-order valence-electron chi connectivity index (χ0n) is 29.8. The number of ether oxygens (including phenoxy) is 2. The Bertz CT molecular complexity index is 1720. The smallest absolute Gasteiger partial charge is 0.261 e. The Balaban J connectivity index is 0.731. The molecule has 4 aliphatic heterocycles. The van der Waals surface area contributed by atoms with Crippen molar-refractivity contribution >= 4 is 40.4 Å². The predicted molar refractivity (Wildman–Crippen MR) is 193 cm³/mol. The predicted octanol–water partition coefficient (Wildman–Crippen LogP) is 2.03. The lowest BCUT2D eigenvalue weighted by atomic mass is 9.38. The van der Waals surface area contributed by atoms with Crippen molar-refractivity contribution in [1.82, 2.24) is 35.3 Å². The minimum absolute atomic E-state index is 0.0252. The molecule has 3 saturated carbocycles. The van der Waals surface area contributed by atoms with E-state index < -0.39 is 23.3 Å². The number of carbonyl (C=O) groups excluding carboxylic acids is 3. The third-order valence-electron chi connectivity index (χ3n) is 12.4. The summed E-state index contributed by atoms with van der Waals surface area (Å²) in [6.07, 6.45) is 7.25. The second-order valence-electron chi connectivity index (χ2n) is 15.9. The molecule has 2 aromatic rings. The molecule has 3 aliphatic carbocycles.